The summed E-state index contributed by atoms with van der Waals surface area (Å²) in [5, 5.41) is 3.03. The molecule has 0 radical (unpaired) electrons. The van der Waals surface area contributed by atoms with Gasteiger partial charge in [0.2, 0.25) is 0 Å². The van der Waals surface area contributed by atoms with Crippen LogP contribution in [0.25, 0.3) is 6.08 Å². The van der Waals surface area contributed by atoms with Gasteiger partial charge in [-0.1, -0.05) is 6.08 Å². The zero-order valence-corrected chi connectivity index (χ0v) is 13.7. The van der Waals surface area contributed by atoms with Gasteiger partial charge in [0.25, 0.3) is 0 Å². The van der Waals surface area contributed by atoms with E-state index < -0.39 is 30.0 Å². The molecular weight excluding hydrogens is 287 g/mol. The molecule has 1 fully saturated rings. The van der Waals surface area contributed by atoms with Crippen LogP contribution in [-0.4, -0.2) is 31.9 Å². The van der Waals surface area contributed by atoms with Crippen LogP contribution >= 0.6 is 0 Å². The average molecular weight is 309 g/mol. The zero-order chi connectivity index (χ0) is 16.5. The highest BCUT2D eigenvalue weighted by atomic mass is 19.1. The van der Waals surface area contributed by atoms with Crippen molar-refractivity contribution in [2.24, 2.45) is 0 Å². The second-order valence-electron chi connectivity index (χ2n) is 6.50. The summed E-state index contributed by atoms with van der Waals surface area (Å²) >= 11 is 0. The maximum atomic E-state index is 13.9. The molecule has 1 N–H and O–H groups in total. The molecule has 0 aromatic heterocycles. The van der Waals surface area contributed by atoms with Crippen LogP contribution in [0.1, 0.15) is 33.3 Å². The Bertz CT molecular complexity index is 572. The lowest BCUT2D eigenvalue weighted by Gasteiger charge is -2.32. The smallest absolute Gasteiger partial charge is 0.400 e. The molecule has 0 amide bonds. The molecule has 1 aromatic rings. The SMILES string of the molecule is CNCC(=Cc1ccc(F)cc1F)B1OC(C)(C)C(C)(C)O1. The van der Waals surface area contributed by atoms with Gasteiger partial charge in [-0.25, -0.2) is 8.78 Å². The van der Waals surface area contributed by atoms with Gasteiger partial charge in [0.1, 0.15) is 11.6 Å². The molecule has 0 saturated carbocycles. The zero-order valence-electron chi connectivity index (χ0n) is 13.7. The molecule has 0 spiro atoms. The van der Waals surface area contributed by atoms with Gasteiger partial charge >= 0.3 is 7.12 Å². The maximum Gasteiger partial charge on any atom is 0.491 e. The van der Waals surface area contributed by atoms with E-state index in [1.165, 1.54) is 12.1 Å². The molecule has 3 nitrogen and oxygen atoms in total. The summed E-state index contributed by atoms with van der Waals surface area (Å²) in [5.74, 6) is -1.20. The molecule has 1 aliphatic rings. The van der Waals surface area contributed by atoms with E-state index in [-0.39, 0.29) is 0 Å². The van der Waals surface area contributed by atoms with Gasteiger partial charge in [-0.3, -0.25) is 0 Å². The molecule has 22 heavy (non-hydrogen) atoms. The third-order valence-electron chi connectivity index (χ3n) is 4.24. The van der Waals surface area contributed by atoms with E-state index >= 15 is 0 Å². The van der Waals surface area contributed by atoms with Crippen LogP contribution in [0, 0.1) is 11.6 Å². The van der Waals surface area contributed by atoms with Crippen LogP contribution in [0.5, 0.6) is 0 Å². The first-order valence-corrected chi connectivity index (χ1v) is 7.32. The second-order valence-corrected chi connectivity index (χ2v) is 6.50. The summed E-state index contributed by atoms with van der Waals surface area (Å²) in [5.41, 5.74) is 0.130. The molecule has 120 valence electrons. The lowest BCUT2D eigenvalue weighted by atomic mass is 9.77. The summed E-state index contributed by atoms with van der Waals surface area (Å²) in [7, 11) is 1.22. The quantitative estimate of drug-likeness (QED) is 0.867. The first-order chi connectivity index (χ1) is 10.2. The molecule has 1 aliphatic heterocycles. The highest BCUT2D eigenvalue weighted by Crippen LogP contribution is 2.38. The fourth-order valence-corrected chi connectivity index (χ4v) is 2.22. The Morgan fingerprint density at radius 3 is 2.27 bits per heavy atom. The van der Waals surface area contributed by atoms with Gasteiger partial charge in [0.05, 0.1) is 11.2 Å². The monoisotopic (exact) mass is 309 g/mol. The number of likely N-dealkylation sites (N-methyl/N-ethyl adjacent to an activating group) is 1. The van der Waals surface area contributed by atoms with E-state index in [9.17, 15) is 8.78 Å². The Balaban J connectivity index is 2.33. The molecule has 6 heteroatoms. The van der Waals surface area contributed by atoms with Crippen molar-refractivity contribution in [3.05, 3.63) is 40.9 Å². The minimum atomic E-state index is -0.606. The average Bonchev–Trinajstić information content (AvgIpc) is 2.61. The van der Waals surface area contributed by atoms with Crippen molar-refractivity contribution in [3.63, 3.8) is 0 Å². The van der Waals surface area contributed by atoms with Gasteiger partial charge in [0.15, 0.2) is 0 Å². The Morgan fingerprint density at radius 2 is 1.77 bits per heavy atom. The summed E-state index contributed by atoms with van der Waals surface area (Å²) in [6.07, 6.45) is 1.65. The molecule has 0 bridgehead atoms. The van der Waals surface area contributed by atoms with E-state index in [1.807, 2.05) is 27.7 Å². The van der Waals surface area contributed by atoms with Crippen LogP contribution in [0.3, 0.4) is 0 Å². The second kappa shape index (κ2) is 6.10. The third kappa shape index (κ3) is 3.40. The molecule has 1 aromatic carbocycles. The van der Waals surface area contributed by atoms with Crippen LogP contribution < -0.4 is 5.32 Å². The first kappa shape index (κ1) is 17.1. The van der Waals surface area contributed by atoms with Crippen molar-refractivity contribution in [2.75, 3.05) is 13.6 Å². The van der Waals surface area contributed by atoms with Crippen molar-refractivity contribution in [1.29, 1.82) is 0 Å². The van der Waals surface area contributed by atoms with Crippen molar-refractivity contribution in [1.82, 2.24) is 5.32 Å². The number of rotatable bonds is 4. The number of hydrogen-bond donors (Lipinski definition) is 1. The third-order valence-corrected chi connectivity index (χ3v) is 4.24. The molecule has 2 rings (SSSR count). The topological polar surface area (TPSA) is 30.5 Å². The fourth-order valence-electron chi connectivity index (χ4n) is 2.22. The van der Waals surface area contributed by atoms with E-state index in [0.717, 1.165) is 11.5 Å². The lowest BCUT2D eigenvalue weighted by Crippen LogP contribution is -2.41. The molecule has 0 unspecified atom stereocenters. The molecule has 1 heterocycles. The van der Waals surface area contributed by atoms with Gasteiger partial charge < -0.3 is 14.6 Å². The molecular formula is C16H22BF2NO2. The van der Waals surface area contributed by atoms with Gasteiger partial charge in [-0.2, -0.15) is 0 Å². The number of halogens is 2. The predicted molar refractivity (Wildman–Crippen MR) is 84.3 cm³/mol. The molecule has 1 saturated heterocycles. The Hall–Kier alpha value is -1.24. The predicted octanol–water partition coefficient (Wildman–Crippen LogP) is 3.20. The standard InChI is InChI=1S/C16H22BF2NO2/c1-15(2)16(3,4)22-17(21-15)12(10-20-5)8-11-6-7-13(18)9-14(11)19/h6-9,20H,10H2,1-5H3. The summed E-state index contributed by atoms with van der Waals surface area (Å²) in [6.45, 7) is 8.32. The van der Waals surface area contributed by atoms with Crippen molar-refractivity contribution in [3.8, 4) is 0 Å². The van der Waals surface area contributed by atoms with E-state index in [0.29, 0.717) is 12.1 Å². The minimum Gasteiger partial charge on any atom is -0.400 e. The highest BCUT2D eigenvalue weighted by molar-refractivity contribution is 6.55. The van der Waals surface area contributed by atoms with Gasteiger partial charge in [-0.15, -0.1) is 0 Å². The van der Waals surface area contributed by atoms with Gasteiger partial charge in [0, 0.05) is 18.2 Å². The Morgan fingerprint density at radius 1 is 1.18 bits per heavy atom. The Labute approximate surface area is 130 Å². The van der Waals surface area contributed by atoms with E-state index in [4.69, 9.17) is 9.31 Å². The number of benzene rings is 1. The molecule has 0 aliphatic carbocycles. The van der Waals surface area contributed by atoms with E-state index in [1.54, 1.807) is 13.1 Å². The normalized spacial score (nSPS) is 20.5. The van der Waals surface area contributed by atoms with Crippen LogP contribution in [-0.2, 0) is 9.31 Å². The maximum absolute atomic E-state index is 13.9. The first-order valence-electron chi connectivity index (χ1n) is 7.32. The number of hydrogen-bond acceptors (Lipinski definition) is 3. The lowest BCUT2D eigenvalue weighted by molar-refractivity contribution is 0.00578. The molecule has 0 atom stereocenters. The van der Waals surface area contributed by atoms with Crippen LogP contribution in [0.2, 0.25) is 0 Å². The van der Waals surface area contributed by atoms with Crippen LogP contribution in [0.4, 0.5) is 8.78 Å². The van der Waals surface area contributed by atoms with E-state index in [2.05, 4.69) is 5.32 Å². The van der Waals surface area contributed by atoms with Crippen molar-refractivity contribution < 1.29 is 18.1 Å². The summed E-state index contributed by atoms with van der Waals surface area (Å²) in [4.78, 5) is 0. The fraction of sp³-hybridized carbons (Fsp3) is 0.500. The van der Waals surface area contributed by atoms with Crippen molar-refractivity contribution in [2.45, 2.75) is 38.9 Å². The minimum absolute atomic E-state index is 0.307. The highest BCUT2D eigenvalue weighted by Gasteiger charge is 2.52. The largest absolute Gasteiger partial charge is 0.491 e. The van der Waals surface area contributed by atoms with Crippen LogP contribution in [0.15, 0.2) is 23.7 Å². The number of nitrogens with one attached hydrogen (secondary N) is 1. The van der Waals surface area contributed by atoms with Gasteiger partial charge in [-0.05, 0) is 52.3 Å². The summed E-state index contributed by atoms with van der Waals surface area (Å²) in [6, 6.07) is 3.51. The van der Waals surface area contributed by atoms with Crippen molar-refractivity contribution >= 4 is 13.2 Å². The summed E-state index contributed by atoms with van der Waals surface area (Å²) < 4.78 is 38.8. The Kier molecular flexibility index (Phi) is 4.75.